The van der Waals surface area contributed by atoms with E-state index in [1.54, 1.807) is 9.80 Å². The Kier molecular flexibility index (Phi) is 5.95. The third-order valence-corrected chi connectivity index (χ3v) is 4.30. The molecular weight excluding hydrogens is 308 g/mol. The Balaban J connectivity index is 1.89. The van der Waals surface area contributed by atoms with Crippen molar-refractivity contribution in [1.29, 1.82) is 0 Å². The molecule has 0 unspecified atom stereocenters. The van der Waals surface area contributed by atoms with Gasteiger partial charge in [-0.15, -0.1) is 0 Å². The van der Waals surface area contributed by atoms with E-state index >= 15 is 0 Å². The van der Waals surface area contributed by atoms with E-state index in [0.717, 1.165) is 11.1 Å². The molecule has 0 aliphatic carbocycles. The zero-order chi connectivity index (χ0) is 17.7. The molecule has 6 nitrogen and oxygen atoms in total. The number of aryl methyl sites for hydroxylation is 2. The minimum atomic E-state index is -0.382. The zero-order valence-corrected chi connectivity index (χ0v) is 14.5. The van der Waals surface area contributed by atoms with Gasteiger partial charge in [-0.2, -0.15) is 0 Å². The Morgan fingerprint density at radius 1 is 1.00 bits per heavy atom. The lowest BCUT2D eigenvalue weighted by molar-refractivity contribution is -0.143. The summed E-state index contributed by atoms with van der Waals surface area (Å²) in [5, 5.41) is 0. The van der Waals surface area contributed by atoms with E-state index in [0.29, 0.717) is 31.7 Å². The number of rotatable bonds is 4. The Bertz CT molecular complexity index is 634. The van der Waals surface area contributed by atoms with Crippen LogP contribution in [0.2, 0.25) is 0 Å². The molecule has 0 aromatic heterocycles. The molecule has 1 aromatic rings. The van der Waals surface area contributed by atoms with Gasteiger partial charge in [0.25, 0.3) is 5.91 Å². The predicted octanol–water partition coefficient (Wildman–Crippen LogP) is 1.54. The van der Waals surface area contributed by atoms with Crippen LogP contribution in [0.3, 0.4) is 0 Å². The van der Waals surface area contributed by atoms with Gasteiger partial charge in [-0.1, -0.05) is 17.7 Å². The van der Waals surface area contributed by atoms with Gasteiger partial charge in [-0.25, -0.2) is 0 Å². The molecule has 1 saturated heterocycles. The number of nitrogens with zero attached hydrogens (tertiary/aromatic N) is 2. The number of esters is 1. The third-order valence-electron chi connectivity index (χ3n) is 4.30. The molecule has 24 heavy (non-hydrogen) atoms. The summed E-state index contributed by atoms with van der Waals surface area (Å²) in [5.74, 6) is -0.444. The average molecular weight is 332 g/mol. The van der Waals surface area contributed by atoms with E-state index in [2.05, 4.69) is 4.74 Å². The first-order valence-corrected chi connectivity index (χ1v) is 8.13. The highest BCUT2D eigenvalue weighted by Gasteiger charge is 2.25. The minimum absolute atomic E-state index is 0.00848. The van der Waals surface area contributed by atoms with Crippen LogP contribution < -0.4 is 0 Å². The van der Waals surface area contributed by atoms with Crippen LogP contribution in [0.4, 0.5) is 0 Å². The standard InChI is InChI=1S/C18H24N2O4/c1-13-4-5-15(14(2)12-13)18(23)20-10-8-19(9-11-20)16(21)6-7-17(22)24-3/h4-5,12H,6-11H2,1-3H3. The van der Waals surface area contributed by atoms with Crippen LogP contribution in [-0.4, -0.2) is 60.9 Å². The SMILES string of the molecule is COC(=O)CCC(=O)N1CCN(C(=O)c2ccc(C)cc2C)CC1. The zero-order valence-electron chi connectivity index (χ0n) is 14.5. The van der Waals surface area contributed by atoms with Crippen LogP contribution in [0, 0.1) is 13.8 Å². The van der Waals surface area contributed by atoms with Crippen LogP contribution in [0.1, 0.15) is 34.3 Å². The quantitative estimate of drug-likeness (QED) is 0.785. The summed E-state index contributed by atoms with van der Waals surface area (Å²) in [4.78, 5) is 39.3. The lowest BCUT2D eigenvalue weighted by atomic mass is 10.0. The van der Waals surface area contributed by atoms with Crippen molar-refractivity contribution >= 4 is 17.8 Å². The normalized spacial score (nSPS) is 14.5. The van der Waals surface area contributed by atoms with Gasteiger partial charge in [0.1, 0.15) is 0 Å². The molecule has 2 amide bonds. The first kappa shape index (κ1) is 18.0. The summed E-state index contributed by atoms with van der Waals surface area (Å²) in [7, 11) is 1.31. The van der Waals surface area contributed by atoms with Crippen molar-refractivity contribution in [1.82, 2.24) is 9.80 Å². The van der Waals surface area contributed by atoms with E-state index in [1.807, 2.05) is 32.0 Å². The molecule has 2 rings (SSSR count). The molecule has 0 spiro atoms. The molecule has 1 fully saturated rings. The number of carbonyl (C=O) groups is 3. The van der Waals surface area contributed by atoms with Crippen molar-refractivity contribution in [2.45, 2.75) is 26.7 Å². The fourth-order valence-electron chi connectivity index (χ4n) is 2.85. The minimum Gasteiger partial charge on any atom is -0.469 e. The van der Waals surface area contributed by atoms with Gasteiger partial charge in [0.2, 0.25) is 5.91 Å². The first-order valence-electron chi connectivity index (χ1n) is 8.13. The molecule has 0 bridgehead atoms. The largest absolute Gasteiger partial charge is 0.469 e. The average Bonchev–Trinajstić information content (AvgIpc) is 2.59. The van der Waals surface area contributed by atoms with Gasteiger partial charge in [-0.05, 0) is 25.5 Å². The fourth-order valence-corrected chi connectivity index (χ4v) is 2.85. The van der Waals surface area contributed by atoms with E-state index < -0.39 is 0 Å². The maximum absolute atomic E-state index is 12.6. The van der Waals surface area contributed by atoms with Gasteiger partial charge in [0.15, 0.2) is 0 Å². The van der Waals surface area contributed by atoms with E-state index in [1.165, 1.54) is 7.11 Å². The molecule has 130 valence electrons. The fraction of sp³-hybridized carbons (Fsp3) is 0.500. The molecule has 0 N–H and O–H groups in total. The maximum Gasteiger partial charge on any atom is 0.306 e. The molecule has 1 aliphatic rings. The smallest absolute Gasteiger partial charge is 0.306 e. The van der Waals surface area contributed by atoms with Crippen LogP contribution in [0.5, 0.6) is 0 Å². The highest BCUT2D eigenvalue weighted by molar-refractivity contribution is 5.96. The number of amides is 2. The summed E-state index contributed by atoms with van der Waals surface area (Å²) in [5.41, 5.74) is 2.81. The Labute approximate surface area is 142 Å². The molecule has 1 aromatic carbocycles. The molecular formula is C18H24N2O4. The number of methoxy groups -OCH3 is 1. The lowest BCUT2D eigenvalue weighted by Gasteiger charge is -2.35. The maximum atomic E-state index is 12.6. The highest BCUT2D eigenvalue weighted by Crippen LogP contribution is 2.15. The summed E-state index contributed by atoms with van der Waals surface area (Å²) in [6, 6.07) is 5.80. The van der Waals surface area contributed by atoms with Crippen LogP contribution >= 0.6 is 0 Å². The van der Waals surface area contributed by atoms with Crippen molar-refractivity contribution in [3.63, 3.8) is 0 Å². The summed E-state index contributed by atoms with van der Waals surface area (Å²) >= 11 is 0. The molecule has 6 heteroatoms. The van der Waals surface area contributed by atoms with Gasteiger partial charge in [0, 0.05) is 38.2 Å². The van der Waals surface area contributed by atoms with Crippen LogP contribution in [0.25, 0.3) is 0 Å². The van der Waals surface area contributed by atoms with Gasteiger partial charge in [-0.3, -0.25) is 14.4 Å². The third kappa shape index (κ3) is 4.34. The number of hydrogen-bond acceptors (Lipinski definition) is 4. The molecule has 1 aliphatic heterocycles. The summed E-state index contributed by atoms with van der Waals surface area (Å²) < 4.78 is 4.54. The molecule has 0 atom stereocenters. The van der Waals surface area contributed by atoms with E-state index in [4.69, 9.17) is 0 Å². The van der Waals surface area contributed by atoms with Crippen molar-refractivity contribution in [2.75, 3.05) is 33.3 Å². The van der Waals surface area contributed by atoms with Crippen LogP contribution in [0.15, 0.2) is 18.2 Å². The van der Waals surface area contributed by atoms with E-state index in [9.17, 15) is 14.4 Å². The van der Waals surface area contributed by atoms with Crippen molar-refractivity contribution in [3.8, 4) is 0 Å². The van der Waals surface area contributed by atoms with Gasteiger partial charge < -0.3 is 14.5 Å². The van der Waals surface area contributed by atoms with Crippen molar-refractivity contribution in [2.24, 2.45) is 0 Å². The first-order chi connectivity index (χ1) is 11.4. The van der Waals surface area contributed by atoms with Crippen LogP contribution in [-0.2, 0) is 14.3 Å². The topological polar surface area (TPSA) is 66.9 Å². The van der Waals surface area contributed by atoms with Crippen molar-refractivity contribution < 1.29 is 19.1 Å². The Hall–Kier alpha value is -2.37. The number of hydrogen-bond donors (Lipinski definition) is 0. The number of piperazine rings is 1. The lowest BCUT2D eigenvalue weighted by Crippen LogP contribution is -2.50. The molecule has 0 saturated carbocycles. The Morgan fingerprint density at radius 3 is 2.21 bits per heavy atom. The molecule has 0 radical (unpaired) electrons. The molecule has 1 heterocycles. The highest BCUT2D eigenvalue weighted by atomic mass is 16.5. The second-order valence-electron chi connectivity index (χ2n) is 6.07. The second kappa shape index (κ2) is 7.95. The number of carbonyl (C=O) groups excluding carboxylic acids is 3. The van der Waals surface area contributed by atoms with E-state index in [-0.39, 0.29) is 30.6 Å². The number of ether oxygens (including phenoxy) is 1. The number of benzene rings is 1. The van der Waals surface area contributed by atoms with Gasteiger partial charge >= 0.3 is 5.97 Å². The predicted molar refractivity (Wildman–Crippen MR) is 89.6 cm³/mol. The second-order valence-corrected chi connectivity index (χ2v) is 6.07. The summed E-state index contributed by atoms with van der Waals surface area (Å²) in [6.45, 7) is 5.95. The monoisotopic (exact) mass is 332 g/mol. The van der Waals surface area contributed by atoms with Gasteiger partial charge in [0.05, 0.1) is 13.5 Å². The van der Waals surface area contributed by atoms with Crippen molar-refractivity contribution in [3.05, 3.63) is 34.9 Å². The Morgan fingerprint density at radius 2 is 1.62 bits per heavy atom. The summed E-state index contributed by atoms with van der Waals surface area (Å²) in [6.07, 6.45) is 0.245.